The molecule has 1 nitrogen and oxygen atoms in total. The molecule has 0 bridgehead atoms. The standard InChI is InChI=1S/C16H24ClN/c1-11-7-13(3)15(14(4)8-11)10-18-6-5-12(2)16(18)9-17/h7-8,12,16H,5-6,9-10H2,1-4H3. The van der Waals surface area contributed by atoms with Gasteiger partial charge in [-0.3, -0.25) is 4.90 Å². The van der Waals surface area contributed by atoms with Gasteiger partial charge >= 0.3 is 0 Å². The SMILES string of the molecule is Cc1cc(C)c(CN2CCC(C)C2CCl)c(C)c1. The Morgan fingerprint density at radius 3 is 2.39 bits per heavy atom. The summed E-state index contributed by atoms with van der Waals surface area (Å²) in [4.78, 5) is 2.56. The molecular weight excluding hydrogens is 242 g/mol. The minimum absolute atomic E-state index is 0.548. The molecule has 1 aromatic carbocycles. The molecule has 0 radical (unpaired) electrons. The Bertz CT molecular complexity index is 404. The van der Waals surface area contributed by atoms with Gasteiger partial charge in [0.2, 0.25) is 0 Å². The highest BCUT2D eigenvalue weighted by atomic mass is 35.5. The zero-order valence-electron chi connectivity index (χ0n) is 12.0. The molecule has 18 heavy (non-hydrogen) atoms. The van der Waals surface area contributed by atoms with Crippen LogP contribution in [-0.2, 0) is 6.54 Å². The summed E-state index contributed by atoms with van der Waals surface area (Å²) in [6, 6.07) is 5.13. The lowest BCUT2D eigenvalue weighted by Gasteiger charge is -2.26. The lowest BCUT2D eigenvalue weighted by Crippen LogP contribution is -2.33. The molecule has 100 valence electrons. The van der Waals surface area contributed by atoms with Crippen LogP contribution in [0.3, 0.4) is 0 Å². The second kappa shape index (κ2) is 5.63. The summed E-state index contributed by atoms with van der Waals surface area (Å²) in [5, 5.41) is 0. The summed E-state index contributed by atoms with van der Waals surface area (Å²) in [6.45, 7) is 11.2. The molecule has 1 saturated heterocycles. The first kappa shape index (κ1) is 13.9. The molecule has 1 aliphatic heterocycles. The molecule has 1 heterocycles. The van der Waals surface area contributed by atoms with Crippen LogP contribution in [0.15, 0.2) is 12.1 Å². The van der Waals surface area contributed by atoms with E-state index >= 15 is 0 Å². The van der Waals surface area contributed by atoms with Gasteiger partial charge < -0.3 is 0 Å². The third kappa shape index (κ3) is 2.73. The van der Waals surface area contributed by atoms with Crippen molar-refractivity contribution < 1.29 is 0 Å². The van der Waals surface area contributed by atoms with Gasteiger partial charge in [-0.1, -0.05) is 24.6 Å². The molecule has 2 heteroatoms. The van der Waals surface area contributed by atoms with Crippen LogP contribution < -0.4 is 0 Å². The van der Waals surface area contributed by atoms with E-state index < -0.39 is 0 Å². The Balaban J connectivity index is 2.19. The summed E-state index contributed by atoms with van der Waals surface area (Å²) in [7, 11) is 0. The Morgan fingerprint density at radius 2 is 1.83 bits per heavy atom. The van der Waals surface area contributed by atoms with Crippen molar-refractivity contribution >= 4 is 11.6 Å². The van der Waals surface area contributed by atoms with Gasteiger partial charge in [0.15, 0.2) is 0 Å². The molecule has 0 aliphatic carbocycles. The zero-order chi connectivity index (χ0) is 13.3. The predicted molar refractivity (Wildman–Crippen MR) is 79.4 cm³/mol. The molecule has 1 aliphatic rings. The maximum absolute atomic E-state index is 6.13. The number of aryl methyl sites for hydroxylation is 3. The Kier molecular flexibility index (Phi) is 4.34. The van der Waals surface area contributed by atoms with Crippen molar-refractivity contribution in [1.82, 2.24) is 4.90 Å². The Hall–Kier alpha value is -0.530. The monoisotopic (exact) mass is 265 g/mol. The molecule has 2 rings (SSSR count). The lowest BCUT2D eigenvalue weighted by atomic mass is 9.99. The first-order valence-corrected chi connectivity index (χ1v) is 7.43. The highest BCUT2D eigenvalue weighted by Crippen LogP contribution is 2.28. The highest BCUT2D eigenvalue weighted by Gasteiger charge is 2.30. The normalized spacial score (nSPS) is 24.7. The Labute approximate surface area is 116 Å². The number of nitrogens with zero attached hydrogens (tertiary/aromatic N) is 1. The van der Waals surface area contributed by atoms with E-state index in [0.717, 1.165) is 18.3 Å². The van der Waals surface area contributed by atoms with E-state index in [9.17, 15) is 0 Å². The highest BCUT2D eigenvalue weighted by molar-refractivity contribution is 6.18. The van der Waals surface area contributed by atoms with E-state index in [-0.39, 0.29) is 0 Å². The van der Waals surface area contributed by atoms with Gasteiger partial charge in [-0.15, -0.1) is 11.6 Å². The fourth-order valence-electron chi connectivity index (χ4n) is 3.20. The number of hydrogen-bond donors (Lipinski definition) is 0. The van der Waals surface area contributed by atoms with Gasteiger partial charge in [-0.05, 0) is 56.3 Å². The molecule has 0 N–H and O–H groups in total. The summed E-state index contributed by atoms with van der Waals surface area (Å²) >= 11 is 6.13. The van der Waals surface area contributed by atoms with Crippen LogP contribution in [0.2, 0.25) is 0 Å². The topological polar surface area (TPSA) is 3.24 Å². The van der Waals surface area contributed by atoms with Gasteiger partial charge in [0, 0.05) is 18.5 Å². The maximum atomic E-state index is 6.13. The summed E-state index contributed by atoms with van der Waals surface area (Å²) in [5.74, 6) is 1.49. The van der Waals surface area contributed by atoms with Crippen LogP contribution in [0.25, 0.3) is 0 Å². The van der Waals surface area contributed by atoms with E-state index in [2.05, 4.69) is 44.7 Å². The van der Waals surface area contributed by atoms with Crippen LogP contribution in [0.1, 0.15) is 35.6 Å². The van der Waals surface area contributed by atoms with Crippen molar-refractivity contribution in [3.8, 4) is 0 Å². The minimum atomic E-state index is 0.548. The number of rotatable bonds is 3. The fourth-order valence-corrected chi connectivity index (χ4v) is 3.70. The van der Waals surface area contributed by atoms with Gasteiger partial charge in [0.25, 0.3) is 0 Å². The quantitative estimate of drug-likeness (QED) is 0.745. The van der Waals surface area contributed by atoms with Crippen molar-refractivity contribution in [3.63, 3.8) is 0 Å². The van der Waals surface area contributed by atoms with E-state index in [1.807, 2.05) is 0 Å². The average molecular weight is 266 g/mol. The second-order valence-corrected chi connectivity index (χ2v) is 6.14. The average Bonchev–Trinajstić information content (AvgIpc) is 2.64. The first-order chi connectivity index (χ1) is 8.52. The van der Waals surface area contributed by atoms with E-state index in [1.165, 1.54) is 35.2 Å². The van der Waals surface area contributed by atoms with Gasteiger partial charge in [0.05, 0.1) is 0 Å². The molecule has 0 spiro atoms. The summed E-state index contributed by atoms with van der Waals surface area (Å²) in [6.07, 6.45) is 1.28. The summed E-state index contributed by atoms with van der Waals surface area (Å²) < 4.78 is 0. The summed E-state index contributed by atoms with van der Waals surface area (Å²) in [5.41, 5.74) is 5.68. The molecule has 0 aromatic heterocycles. The number of benzene rings is 1. The number of hydrogen-bond acceptors (Lipinski definition) is 1. The smallest absolute Gasteiger partial charge is 0.0382 e. The predicted octanol–water partition coefficient (Wildman–Crippen LogP) is 4.06. The molecule has 1 aromatic rings. The van der Waals surface area contributed by atoms with Gasteiger partial charge in [-0.2, -0.15) is 0 Å². The lowest BCUT2D eigenvalue weighted by molar-refractivity contribution is 0.241. The van der Waals surface area contributed by atoms with Gasteiger partial charge in [-0.25, -0.2) is 0 Å². The van der Waals surface area contributed by atoms with Crippen molar-refractivity contribution in [3.05, 3.63) is 34.4 Å². The zero-order valence-corrected chi connectivity index (χ0v) is 12.7. The van der Waals surface area contributed by atoms with E-state index in [4.69, 9.17) is 11.6 Å². The van der Waals surface area contributed by atoms with E-state index in [0.29, 0.717) is 6.04 Å². The maximum Gasteiger partial charge on any atom is 0.0382 e. The van der Waals surface area contributed by atoms with Crippen LogP contribution >= 0.6 is 11.6 Å². The molecule has 2 atom stereocenters. The molecule has 0 amide bonds. The third-order valence-electron chi connectivity index (χ3n) is 4.36. The number of alkyl halides is 1. The second-order valence-electron chi connectivity index (χ2n) is 5.84. The van der Waals surface area contributed by atoms with Crippen LogP contribution in [0.4, 0.5) is 0 Å². The molecule has 2 unspecified atom stereocenters. The van der Waals surface area contributed by atoms with E-state index in [1.54, 1.807) is 0 Å². The number of halogens is 1. The number of likely N-dealkylation sites (tertiary alicyclic amines) is 1. The fraction of sp³-hybridized carbons (Fsp3) is 0.625. The Morgan fingerprint density at radius 1 is 1.22 bits per heavy atom. The van der Waals surface area contributed by atoms with Crippen LogP contribution in [0.5, 0.6) is 0 Å². The van der Waals surface area contributed by atoms with Crippen molar-refractivity contribution in [2.45, 2.75) is 46.7 Å². The van der Waals surface area contributed by atoms with Crippen LogP contribution in [-0.4, -0.2) is 23.4 Å². The van der Waals surface area contributed by atoms with Crippen molar-refractivity contribution in [2.75, 3.05) is 12.4 Å². The minimum Gasteiger partial charge on any atom is -0.295 e. The van der Waals surface area contributed by atoms with Crippen molar-refractivity contribution in [2.24, 2.45) is 5.92 Å². The first-order valence-electron chi connectivity index (χ1n) is 6.89. The molecule has 1 fully saturated rings. The molecular formula is C16H24ClN. The van der Waals surface area contributed by atoms with Crippen LogP contribution in [0, 0.1) is 26.7 Å². The van der Waals surface area contributed by atoms with Crippen molar-refractivity contribution in [1.29, 1.82) is 0 Å². The molecule has 0 saturated carbocycles. The van der Waals surface area contributed by atoms with Gasteiger partial charge in [0.1, 0.15) is 0 Å². The third-order valence-corrected chi connectivity index (χ3v) is 4.67. The largest absolute Gasteiger partial charge is 0.295 e.